The summed E-state index contributed by atoms with van der Waals surface area (Å²) in [6.07, 6.45) is 7.03. The van der Waals surface area contributed by atoms with Crippen molar-refractivity contribution in [2.75, 3.05) is 32.7 Å². The Balaban J connectivity index is 0.00000272. The van der Waals surface area contributed by atoms with Crippen LogP contribution in [0, 0.1) is 0 Å². The fourth-order valence-electron chi connectivity index (χ4n) is 3.56. The smallest absolute Gasteiger partial charge is 0.289 e. The van der Waals surface area contributed by atoms with Crippen molar-refractivity contribution in [2.24, 2.45) is 4.99 Å². The van der Waals surface area contributed by atoms with Gasteiger partial charge in [-0.3, -0.25) is 4.79 Å². The van der Waals surface area contributed by atoms with Gasteiger partial charge in [-0.15, -0.1) is 24.0 Å². The van der Waals surface area contributed by atoms with E-state index in [0.717, 1.165) is 36.8 Å². The van der Waals surface area contributed by atoms with Crippen LogP contribution in [0.5, 0.6) is 0 Å². The summed E-state index contributed by atoms with van der Waals surface area (Å²) < 4.78 is 7.24. The summed E-state index contributed by atoms with van der Waals surface area (Å²) in [5.41, 5.74) is 2.20. The topological polar surface area (TPSA) is 78.9 Å². The monoisotopic (exact) mass is 534 g/mol. The van der Waals surface area contributed by atoms with Crippen molar-refractivity contribution in [2.45, 2.75) is 13.5 Å². The zero-order chi connectivity index (χ0) is 20.8. The molecule has 0 atom stereocenters. The standard InChI is InChI=1S/C22H26N6O2.HI/c1-2-24-22(25-16-18-6-3-4-7-19(18)28-10-9-23-17-28)27-13-11-26(12-14-27)21(29)20-8-5-15-30-20;/h3-10,15,17H,2,11-14,16H2,1H3,(H,24,25);1H. The molecule has 1 aliphatic rings. The highest BCUT2D eigenvalue weighted by atomic mass is 127. The Hall–Kier alpha value is -2.82. The van der Waals surface area contributed by atoms with Gasteiger partial charge in [0.05, 0.1) is 24.8 Å². The predicted octanol–water partition coefficient (Wildman–Crippen LogP) is 3.01. The SMILES string of the molecule is CCNC(=NCc1ccccc1-n1ccnc1)N1CCN(C(=O)c2ccco2)CC1.I. The summed E-state index contributed by atoms with van der Waals surface area (Å²) in [6, 6.07) is 11.6. The molecule has 1 saturated heterocycles. The molecule has 0 aliphatic carbocycles. The minimum Gasteiger partial charge on any atom is -0.459 e. The fraction of sp³-hybridized carbons (Fsp3) is 0.318. The Labute approximate surface area is 199 Å². The molecule has 3 heterocycles. The third kappa shape index (κ3) is 5.46. The molecule has 4 rings (SSSR count). The first-order valence-corrected chi connectivity index (χ1v) is 10.2. The van der Waals surface area contributed by atoms with Gasteiger partial charge in [0.15, 0.2) is 11.7 Å². The zero-order valence-corrected chi connectivity index (χ0v) is 19.8. The van der Waals surface area contributed by atoms with Crippen LogP contribution in [0.4, 0.5) is 0 Å². The van der Waals surface area contributed by atoms with E-state index in [1.54, 1.807) is 24.7 Å². The van der Waals surface area contributed by atoms with Gasteiger partial charge in [-0.1, -0.05) is 18.2 Å². The van der Waals surface area contributed by atoms with E-state index in [1.807, 2.05) is 27.8 Å². The number of benzene rings is 1. The normalized spacial score (nSPS) is 14.3. The predicted molar refractivity (Wildman–Crippen MR) is 130 cm³/mol. The van der Waals surface area contributed by atoms with Crippen LogP contribution in [0.2, 0.25) is 0 Å². The van der Waals surface area contributed by atoms with E-state index in [4.69, 9.17) is 9.41 Å². The first kappa shape index (κ1) is 22.9. The van der Waals surface area contributed by atoms with E-state index in [0.29, 0.717) is 25.4 Å². The van der Waals surface area contributed by atoms with Crippen LogP contribution in [0.3, 0.4) is 0 Å². The molecule has 9 heteroatoms. The Morgan fingerprint density at radius 3 is 2.58 bits per heavy atom. The number of para-hydroxylation sites is 1. The number of nitrogens with one attached hydrogen (secondary N) is 1. The molecule has 0 radical (unpaired) electrons. The molecule has 1 amide bonds. The van der Waals surface area contributed by atoms with Crippen molar-refractivity contribution < 1.29 is 9.21 Å². The number of furan rings is 1. The summed E-state index contributed by atoms with van der Waals surface area (Å²) in [7, 11) is 0. The number of aliphatic imine (C=N–C) groups is 1. The fourth-order valence-corrected chi connectivity index (χ4v) is 3.56. The summed E-state index contributed by atoms with van der Waals surface area (Å²) >= 11 is 0. The zero-order valence-electron chi connectivity index (χ0n) is 17.5. The van der Waals surface area contributed by atoms with E-state index in [1.165, 1.54) is 6.26 Å². The number of piperazine rings is 1. The number of imidazole rings is 1. The molecule has 2 aromatic heterocycles. The van der Waals surface area contributed by atoms with Gasteiger partial charge in [-0.05, 0) is 30.7 Å². The highest BCUT2D eigenvalue weighted by Crippen LogP contribution is 2.16. The van der Waals surface area contributed by atoms with E-state index in [9.17, 15) is 4.79 Å². The second-order valence-corrected chi connectivity index (χ2v) is 7.03. The molecule has 1 fully saturated rings. The van der Waals surface area contributed by atoms with Crippen molar-refractivity contribution in [3.63, 3.8) is 0 Å². The lowest BCUT2D eigenvalue weighted by Crippen LogP contribution is -2.53. The van der Waals surface area contributed by atoms with Gasteiger partial charge in [-0.2, -0.15) is 0 Å². The molecule has 1 N–H and O–H groups in total. The highest BCUT2D eigenvalue weighted by molar-refractivity contribution is 14.0. The van der Waals surface area contributed by atoms with Gasteiger partial charge >= 0.3 is 0 Å². The average molecular weight is 534 g/mol. The van der Waals surface area contributed by atoms with Crippen LogP contribution in [-0.2, 0) is 6.54 Å². The number of carbonyl (C=O) groups is 1. The molecule has 1 aromatic carbocycles. The first-order valence-electron chi connectivity index (χ1n) is 10.2. The molecule has 8 nitrogen and oxygen atoms in total. The maximum absolute atomic E-state index is 12.5. The lowest BCUT2D eigenvalue weighted by molar-refractivity contribution is 0.0657. The number of hydrogen-bond acceptors (Lipinski definition) is 4. The van der Waals surface area contributed by atoms with Gasteiger partial charge in [0.25, 0.3) is 5.91 Å². The molecule has 0 saturated carbocycles. The molecule has 0 unspecified atom stereocenters. The van der Waals surface area contributed by atoms with Crippen molar-refractivity contribution >= 4 is 35.8 Å². The third-order valence-corrected chi connectivity index (χ3v) is 5.11. The number of nitrogens with zero attached hydrogens (tertiary/aromatic N) is 5. The van der Waals surface area contributed by atoms with Crippen LogP contribution in [0.25, 0.3) is 5.69 Å². The number of halogens is 1. The number of aromatic nitrogens is 2. The number of guanidine groups is 1. The van der Waals surface area contributed by atoms with Gasteiger partial charge in [-0.25, -0.2) is 9.98 Å². The van der Waals surface area contributed by atoms with Crippen molar-refractivity contribution in [3.05, 3.63) is 72.7 Å². The van der Waals surface area contributed by atoms with E-state index in [2.05, 4.69) is 34.3 Å². The van der Waals surface area contributed by atoms with Crippen molar-refractivity contribution in [1.82, 2.24) is 24.7 Å². The third-order valence-electron chi connectivity index (χ3n) is 5.11. The van der Waals surface area contributed by atoms with Crippen LogP contribution in [0.15, 0.2) is 70.8 Å². The van der Waals surface area contributed by atoms with Crippen LogP contribution < -0.4 is 5.32 Å². The van der Waals surface area contributed by atoms with Gasteiger partial charge in [0, 0.05) is 45.1 Å². The number of amides is 1. The minimum absolute atomic E-state index is 0. The minimum atomic E-state index is -0.0594. The summed E-state index contributed by atoms with van der Waals surface area (Å²) in [4.78, 5) is 25.5. The summed E-state index contributed by atoms with van der Waals surface area (Å²) in [6.45, 7) is 6.12. The molecule has 164 valence electrons. The second-order valence-electron chi connectivity index (χ2n) is 7.03. The number of carbonyl (C=O) groups excluding carboxylic acids is 1. The number of rotatable bonds is 5. The van der Waals surface area contributed by atoms with Crippen LogP contribution in [-0.4, -0.2) is 63.9 Å². The van der Waals surface area contributed by atoms with E-state index >= 15 is 0 Å². The average Bonchev–Trinajstić information content (AvgIpc) is 3.51. The van der Waals surface area contributed by atoms with Crippen molar-refractivity contribution in [1.29, 1.82) is 0 Å². The molecule has 0 spiro atoms. The van der Waals surface area contributed by atoms with Crippen LogP contribution in [0.1, 0.15) is 23.0 Å². The maximum Gasteiger partial charge on any atom is 0.289 e. The van der Waals surface area contributed by atoms with Gasteiger partial charge < -0.3 is 24.1 Å². The second kappa shape index (κ2) is 11.0. The Morgan fingerprint density at radius 1 is 1.13 bits per heavy atom. The Bertz CT molecular complexity index is 979. The lowest BCUT2D eigenvalue weighted by atomic mass is 10.2. The molecule has 0 bridgehead atoms. The van der Waals surface area contributed by atoms with Crippen LogP contribution >= 0.6 is 24.0 Å². The maximum atomic E-state index is 12.5. The van der Waals surface area contributed by atoms with E-state index < -0.39 is 0 Å². The molecule has 1 aliphatic heterocycles. The summed E-state index contributed by atoms with van der Waals surface area (Å²) in [5.74, 6) is 1.19. The molecule has 3 aromatic rings. The summed E-state index contributed by atoms with van der Waals surface area (Å²) in [5, 5.41) is 3.38. The molecular weight excluding hydrogens is 507 g/mol. The van der Waals surface area contributed by atoms with Crippen molar-refractivity contribution in [3.8, 4) is 5.69 Å². The van der Waals surface area contributed by atoms with Gasteiger partial charge in [0.2, 0.25) is 0 Å². The molecule has 31 heavy (non-hydrogen) atoms. The Morgan fingerprint density at radius 2 is 1.90 bits per heavy atom. The first-order chi connectivity index (χ1) is 14.8. The quantitative estimate of drug-likeness (QED) is 0.310. The van der Waals surface area contributed by atoms with E-state index in [-0.39, 0.29) is 29.9 Å². The largest absolute Gasteiger partial charge is 0.459 e. The van der Waals surface area contributed by atoms with Gasteiger partial charge in [0.1, 0.15) is 0 Å². The number of hydrogen-bond donors (Lipinski definition) is 1. The lowest BCUT2D eigenvalue weighted by Gasteiger charge is -2.36. The highest BCUT2D eigenvalue weighted by Gasteiger charge is 2.25. The Kier molecular flexibility index (Phi) is 8.10. The molecular formula is C22H27IN6O2.